The molecule has 4 aromatic carbocycles. The summed E-state index contributed by atoms with van der Waals surface area (Å²) in [6, 6.07) is 39.3. The molecule has 0 aromatic heterocycles. The summed E-state index contributed by atoms with van der Waals surface area (Å²) >= 11 is 0. The molecule has 1 aliphatic heterocycles. The largest absolute Gasteiger partial charge is 0.379 e. The maximum Gasteiger partial charge on any atom is 0.139 e. The van der Waals surface area contributed by atoms with Gasteiger partial charge in [-0.2, -0.15) is 0 Å². The number of hydrogen-bond acceptors (Lipinski definition) is 2. The standard InChI is InChI=1S/C38H38N2O2/c41-37(33-17-5-1-6-18-33,34-19-7-2-8-20-34)25-13-15-27-39-29-31-40(32-30-39)28-16-14-26-38(42,35-21-9-3-10-22-35)36-23-11-4-12-24-36/h1-12,17-24,41-42H,25-32H2/p+2. The lowest BCUT2D eigenvalue weighted by Gasteiger charge is -2.28. The van der Waals surface area contributed by atoms with Crippen molar-refractivity contribution in [3.05, 3.63) is 144 Å². The summed E-state index contributed by atoms with van der Waals surface area (Å²) in [4.78, 5) is 2.95. The van der Waals surface area contributed by atoms with Gasteiger partial charge in [0.05, 0.1) is 0 Å². The lowest BCUT2D eigenvalue weighted by molar-refractivity contribution is -1.01. The van der Waals surface area contributed by atoms with E-state index in [1.807, 2.05) is 121 Å². The highest BCUT2D eigenvalue weighted by Gasteiger charge is 2.31. The van der Waals surface area contributed by atoms with E-state index >= 15 is 0 Å². The van der Waals surface area contributed by atoms with Crippen molar-refractivity contribution in [1.29, 1.82) is 0 Å². The molecule has 0 aliphatic carbocycles. The number of benzene rings is 4. The third kappa shape index (κ3) is 7.18. The van der Waals surface area contributed by atoms with Crippen LogP contribution in [0, 0.1) is 23.7 Å². The number of piperazine rings is 1. The van der Waals surface area contributed by atoms with Gasteiger partial charge in [-0.1, -0.05) is 133 Å². The fraction of sp³-hybridized carbons (Fsp3) is 0.263. The molecule has 0 radical (unpaired) electrons. The molecule has 4 nitrogen and oxygen atoms in total. The van der Waals surface area contributed by atoms with E-state index < -0.39 is 11.2 Å². The average Bonchev–Trinajstić information content (AvgIpc) is 3.07. The minimum absolute atomic E-state index is 0.361. The van der Waals surface area contributed by atoms with Crippen LogP contribution in [0.25, 0.3) is 0 Å². The zero-order chi connectivity index (χ0) is 29.1. The van der Waals surface area contributed by atoms with Crippen LogP contribution >= 0.6 is 0 Å². The quantitative estimate of drug-likeness (QED) is 0.252. The third-order valence-corrected chi connectivity index (χ3v) is 8.28. The van der Waals surface area contributed by atoms with Crippen LogP contribution in [0.3, 0.4) is 0 Å². The average molecular weight is 557 g/mol. The fourth-order valence-electron chi connectivity index (χ4n) is 5.66. The lowest BCUT2D eigenvalue weighted by Crippen LogP contribution is -3.28. The summed E-state index contributed by atoms with van der Waals surface area (Å²) in [5, 5.41) is 23.3. The molecule has 1 heterocycles. The van der Waals surface area contributed by atoms with Gasteiger partial charge < -0.3 is 20.0 Å². The van der Waals surface area contributed by atoms with Crippen LogP contribution in [0.2, 0.25) is 0 Å². The van der Waals surface area contributed by atoms with E-state index in [0.29, 0.717) is 12.8 Å². The van der Waals surface area contributed by atoms with Gasteiger partial charge in [-0.05, 0) is 34.1 Å². The fourth-order valence-corrected chi connectivity index (χ4v) is 5.66. The van der Waals surface area contributed by atoms with Crippen LogP contribution in [0.15, 0.2) is 121 Å². The van der Waals surface area contributed by atoms with Crippen molar-refractivity contribution < 1.29 is 20.0 Å². The first-order chi connectivity index (χ1) is 20.6. The molecule has 0 amide bonds. The van der Waals surface area contributed by atoms with Gasteiger partial charge in [-0.25, -0.2) is 0 Å². The molecule has 4 N–H and O–H groups in total. The lowest BCUT2D eigenvalue weighted by atomic mass is 9.84. The molecule has 1 saturated heterocycles. The first kappa shape index (κ1) is 29.3. The van der Waals surface area contributed by atoms with E-state index in [0.717, 1.165) is 61.5 Å². The van der Waals surface area contributed by atoms with Crippen molar-refractivity contribution >= 4 is 0 Å². The van der Waals surface area contributed by atoms with Gasteiger partial charge in [0.1, 0.15) is 50.5 Å². The van der Waals surface area contributed by atoms with Crippen LogP contribution in [0.1, 0.15) is 35.1 Å². The number of quaternary nitrogens is 2. The number of nitrogens with one attached hydrogen (secondary N) is 2. The molecular formula is C38H40N2O2+2. The maximum atomic E-state index is 11.7. The minimum atomic E-state index is -1.13. The monoisotopic (exact) mass is 556 g/mol. The Morgan fingerprint density at radius 3 is 0.952 bits per heavy atom. The van der Waals surface area contributed by atoms with E-state index in [1.165, 1.54) is 9.80 Å². The van der Waals surface area contributed by atoms with Crippen molar-refractivity contribution in [2.75, 3.05) is 39.3 Å². The van der Waals surface area contributed by atoms with Gasteiger partial charge in [-0.15, -0.1) is 0 Å². The molecule has 4 heteroatoms. The summed E-state index contributed by atoms with van der Waals surface area (Å²) in [5.41, 5.74) is 1.20. The summed E-state index contributed by atoms with van der Waals surface area (Å²) in [6.07, 6.45) is 0.721. The van der Waals surface area contributed by atoms with Crippen LogP contribution in [-0.2, 0) is 11.2 Å². The van der Waals surface area contributed by atoms with E-state index in [4.69, 9.17) is 0 Å². The van der Waals surface area contributed by atoms with Gasteiger partial charge >= 0.3 is 0 Å². The predicted octanol–water partition coefficient (Wildman–Crippen LogP) is 2.43. The minimum Gasteiger partial charge on any atom is -0.379 e. The highest BCUT2D eigenvalue weighted by atomic mass is 16.3. The topological polar surface area (TPSA) is 49.3 Å². The van der Waals surface area contributed by atoms with Crippen molar-refractivity contribution in [1.82, 2.24) is 0 Å². The molecule has 0 atom stereocenters. The Bertz CT molecular complexity index is 1310. The normalized spacial score (nSPS) is 16.9. The van der Waals surface area contributed by atoms with Crippen LogP contribution in [-0.4, -0.2) is 49.5 Å². The van der Waals surface area contributed by atoms with Gasteiger partial charge in [-0.3, -0.25) is 0 Å². The Kier molecular flexibility index (Phi) is 9.88. The molecule has 1 aliphatic rings. The van der Waals surface area contributed by atoms with E-state index in [-0.39, 0.29) is 0 Å². The van der Waals surface area contributed by atoms with Gasteiger partial charge in [0, 0.05) is 12.8 Å². The Balaban J connectivity index is 1.13. The number of aliphatic hydroxyl groups is 2. The van der Waals surface area contributed by atoms with Gasteiger partial charge in [0.25, 0.3) is 0 Å². The second-order valence-electron chi connectivity index (χ2n) is 11.1. The van der Waals surface area contributed by atoms with Crippen LogP contribution in [0.4, 0.5) is 0 Å². The zero-order valence-electron chi connectivity index (χ0n) is 24.1. The van der Waals surface area contributed by atoms with Crippen LogP contribution < -0.4 is 9.80 Å². The highest BCUT2D eigenvalue weighted by molar-refractivity contribution is 5.38. The summed E-state index contributed by atoms with van der Waals surface area (Å²) in [6.45, 7) is 5.74. The second-order valence-corrected chi connectivity index (χ2v) is 11.1. The maximum absolute atomic E-state index is 11.7. The number of rotatable bonds is 8. The second kappa shape index (κ2) is 14.1. The smallest absolute Gasteiger partial charge is 0.139 e. The van der Waals surface area contributed by atoms with E-state index in [1.54, 1.807) is 0 Å². The summed E-state index contributed by atoms with van der Waals surface area (Å²) < 4.78 is 0. The Morgan fingerprint density at radius 2 is 0.690 bits per heavy atom. The molecule has 42 heavy (non-hydrogen) atoms. The molecule has 5 rings (SSSR count). The van der Waals surface area contributed by atoms with Crippen molar-refractivity contribution in [2.45, 2.75) is 24.0 Å². The molecular weight excluding hydrogens is 516 g/mol. The molecule has 1 fully saturated rings. The SMILES string of the molecule is OC(CC#CC[NH+]1CC[NH+](CC#CCC(O)(c2ccccc2)c2ccccc2)CC1)(c1ccccc1)c1ccccc1. The molecule has 0 spiro atoms. The van der Waals surface area contributed by atoms with Gasteiger partial charge in [0.2, 0.25) is 0 Å². The van der Waals surface area contributed by atoms with Crippen molar-refractivity contribution in [3.63, 3.8) is 0 Å². The zero-order valence-corrected chi connectivity index (χ0v) is 24.1. The van der Waals surface area contributed by atoms with Crippen molar-refractivity contribution in [3.8, 4) is 23.7 Å². The first-order valence-corrected chi connectivity index (χ1v) is 14.8. The molecule has 212 valence electrons. The predicted molar refractivity (Wildman–Crippen MR) is 168 cm³/mol. The van der Waals surface area contributed by atoms with Crippen molar-refractivity contribution in [2.24, 2.45) is 0 Å². The molecule has 4 aromatic rings. The molecule has 0 unspecified atom stereocenters. The highest BCUT2D eigenvalue weighted by Crippen LogP contribution is 2.33. The van der Waals surface area contributed by atoms with Gasteiger partial charge in [0.15, 0.2) is 0 Å². The molecule has 0 bridgehead atoms. The Morgan fingerprint density at radius 1 is 0.429 bits per heavy atom. The first-order valence-electron chi connectivity index (χ1n) is 14.8. The van der Waals surface area contributed by atoms with Crippen LogP contribution in [0.5, 0.6) is 0 Å². The third-order valence-electron chi connectivity index (χ3n) is 8.28. The summed E-state index contributed by atoms with van der Waals surface area (Å²) in [5.74, 6) is 13.3. The molecule has 0 saturated carbocycles. The Hall–Kier alpha value is -4.16. The number of hydrogen-bond donors (Lipinski definition) is 4. The Labute approximate surface area is 250 Å². The van der Waals surface area contributed by atoms with E-state index in [2.05, 4.69) is 23.7 Å². The summed E-state index contributed by atoms with van der Waals surface area (Å²) in [7, 11) is 0. The van der Waals surface area contributed by atoms with E-state index in [9.17, 15) is 10.2 Å².